The van der Waals surface area contributed by atoms with Crippen molar-refractivity contribution in [3.63, 3.8) is 0 Å². The molecule has 0 aliphatic carbocycles. The normalized spacial score (nSPS) is 13.1. The number of pyridine rings is 1. The lowest BCUT2D eigenvalue weighted by molar-refractivity contribution is 1.23. The Kier molecular flexibility index (Phi) is 2.28. The van der Waals surface area contributed by atoms with Crippen LogP contribution in [0.25, 0.3) is 43.9 Å². The van der Waals surface area contributed by atoms with Crippen LogP contribution >= 0.6 is 0 Å². The van der Waals surface area contributed by atoms with Crippen molar-refractivity contribution in [3.05, 3.63) is 85.1 Å². The molecule has 1 aromatic heterocycles. The molecule has 4 aromatic carbocycles. The van der Waals surface area contributed by atoms with Gasteiger partial charge in [0.1, 0.15) is 0 Å². The number of nitrogens with zero attached hydrogens (tertiary/aromatic N) is 2. The Morgan fingerprint density at radius 1 is 0.556 bits per heavy atom. The Morgan fingerprint density at radius 2 is 1.30 bits per heavy atom. The highest BCUT2D eigenvalue weighted by Crippen LogP contribution is 2.58. The van der Waals surface area contributed by atoms with Crippen LogP contribution < -0.4 is 4.90 Å². The van der Waals surface area contributed by atoms with Crippen molar-refractivity contribution in [1.82, 2.24) is 4.98 Å². The van der Waals surface area contributed by atoms with Gasteiger partial charge in [-0.3, -0.25) is 4.98 Å². The second-order valence-electron chi connectivity index (χ2n) is 7.25. The van der Waals surface area contributed by atoms with Gasteiger partial charge in [-0.25, -0.2) is 0 Å². The van der Waals surface area contributed by atoms with Crippen LogP contribution in [0.1, 0.15) is 0 Å². The lowest BCUT2D eigenvalue weighted by Gasteiger charge is -2.38. The molecular weight excluding hydrogens is 328 g/mol. The molecule has 2 nitrogen and oxygen atoms in total. The number of aromatic nitrogens is 1. The fraction of sp³-hybridized carbons (Fsp3) is 0. The highest BCUT2D eigenvalue weighted by molar-refractivity contribution is 6.24. The summed E-state index contributed by atoms with van der Waals surface area (Å²) < 4.78 is 0. The van der Waals surface area contributed by atoms with Crippen LogP contribution in [0.4, 0.5) is 17.1 Å². The zero-order chi connectivity index (χ0) is 17.5. The zero-order valence-corrected chi connectivity index (χ0v) is 14.5. The van der Waals surface area contributed by atoms with Crippen LogP contribution in [0.3, 0.4) is 0 Å². The third kappa shape index (κ3) is 1.51. The first-order valence-electron chi connectivity index (χ1n) is 9.25. The molecule has 0 spiro atoms. The van der Waals surface area contributed by atoms with Crippen molar-refractivity contribution in [2.45, 2.75) is 0 Å². The van der Waals surface area contributed by atoms with E-state index in [1.165, 1.54) is 49.6 Å². The Balaban J connectivity index is 1.81. The molecule has 5 aromatic rings. The highest BCUT2D eigenvalue weighted by atomic mass is 15.2. The molecule has 124 valence electrons. The topological polar surface area (TPSA) is 16.1 Å². The van der Waals surface area contributed by atoms with E-state index in [1.807, 2.05) is 12.3 Å². The first kappa shape index (κ1) is 13.5. The predicted octanol–water partition coefficient (Wildman–Crippen LogP) is 6.82. The van der Waals surface area contributed by atoms with Gasteiger partial charge >= 0.3 is 0 Å². The maximum Gasteiger partial charge on any atom is 0.0949 e. The van der Waals surface area contributed by atoms with Gasteiger partial charge in [0.25, 0.3) is 0 Å². The van der Waals surface area contributed by atoms with Gasteiger partial charge in [0.15, 0.2) is 0 Å². The van der Waals surface area contributed by atoms with Gasteiger partial charge < -0.3 is 4.90 Å². The Morgan fingerprint density at radius 3 is 2.19 bits per heavy atom. The third-order valence-electron chi connectivity index (χ3n) is 5.94. The van der Waals surface area contributed by atoms with E-state index in [4.69, 9.17) is 4.98 Å². The second kappa shape index (κ2) is 4.54. The number of anilines is 3. The van der Waals surface area contributed by atoms with Crippen molar-refractivity contribution in [3.8, 4) is 22.4 Å². The van der Waals surface area contributed by atoms with E-state index < -0.39 is 0 Å². The van der Waals surface area contributed by atoms with Crippen LogP contribution in [-0.2, 0) is 0 Å². The quantitative estimate of drug-likeness (QED) is 0.301. The van der Waals surface area contributed by atoms with Gasteiger partial charge in [0.05, 0.1) is 22.8 Å². The van der Waals surface area contributed by atoms with Crippen LogP contribution in [0.5, 0.6) is 0 Å². The average molecular weight is 342 g/mol. The van der Waals surface area contributed by atoms with Gasteiger partial charge in [-0.05, 0) is 34.5 Å². The SMILES string of the molecule is c1cnc2c(c1)N1c3cccc4cccc(c34)-c3ccc4cccc-2c4c31. The van der Waals surface area contributed by atoms with Crippen LogP contribution in [0.15, 0.2) is 85.1 Å². The minimum Gasteiger partial charge on any atom is -0.306 e. The molecule has 0 atom stereocenters. The minimum absolute atomic E-state index is 1.06. The van der Waals surface area contributed by atoms with Gasteiger partial charge in [0, 0.05) is 28.1 Å². The highest BCUT2D eigenvalue weighted by Gasteiger charge is 2.33. The number of hydrogen-bond donors (Lipinski definition) is 0. The van der Waals surface area contributed by atoms with Crippen molar-refractivity contribution in [1.29, 1.82) is 0 Å². The molecule has 0 fully saturated rings. The van der Waals surface area contributed by atoms with E-state index >= 15 is 0 Å². The first-order valence-corrected chi connectivity index (χ1v) is 9.25. The molecule has 7 rings (SSSR count). The fourth-order valence-electron chi connectivity index (χ4n) is 4.89. The number of hydrogen-bond acceptors (Lipinski definition) is 2. The lowest BCUT2D eigenvalue weighted by atomic mass is 9.84. The standard InChI is InChI=1S/C25H14N2/c1-5-15-7-3-10-20-22(15)17(8-1)18-13-12-16-6-2-9-19-23(16)25(18)27(20)21-11-4-14-26-24(19)21/h1-14H. The molecule has 0 bridgehead atoms. The van der Waals surface area contributed by atoms with E-state index in [9.17, 15) is 0 Å². The Labute approximate surface area is 156 Å². The summed E-state index contributed by atoms with van der Waals surface area (Å²) in [7, 11) is 0. The minimum atomic E-state index is 1.06. The molecule has 0 N–H and O–H groups in total. The summed E-state index contributed by atoms with van der Waals surface area (Å²) in [4.78, 5) is 7.19. The molecule has 0 saturated carbocycles. The van der Waals surface area contributed by atoms with Gasteiger partial charge in [-0.15, -0.1) is 0 Å². The number of rotatable bonds is 0. The van der Waals surface area contributed by atoms with Crippen molar-refractivity contribution >= 4 is 38.6 Å². The molecule has 0 saturated heterocycles. The maximum absolute atomic E-state index is 4.77. The molecule has 2 heteroatoms. The molecule has 2 aliphatic heterocycles. The molecule has 3 heterocycles. The summed E-state index contributed by atoms with van der Waals surface area (Å²) in [5.74, 6) is 0. The monoisotopic (exact) mass is 342 g/mol. The summed E-state index contributed by atoms with van der Waals surface area (Å²) in [5.41, 5.74) is 8.59. The van der Waals surface area contributed by atoms with Crippen molar-refractivity contribution in [2.24, 2.45) is 0 Å². The average Bonchev–Trinajstić information content (AvgIpc) is 2.74. The summed E-state index contributed by atoms with van der Waals surface area (Å²) in [5, 5.41) is 5.16. The van der Waals surface area contributed by atoms with Crippen LogP contribution in [-0.4, -0.2) is 4.98 Å². The molecule has 2 aliphatic rings. The molecule has 27 heavy (non-hydrogen) atoms. The molecular formula is C25H14N2. The predicted molar refractivity (Wildman–Crippen MR) is 112 cm³/mol. The summed E-state index contributed by atoms with van der Waals surface area (Å²) >= 11 is 0. The Bertz CT molecular complexity index is 1430. The van der Waals surface area contributed by atoms with Crippen molar-refractivity contribution < 1.29 is 0 Å². The largest absolute Gasteiger partial charge is 0.306 e. The zero-order valence-electron chi connectivity index (χ0n) is 14.5. The maximum atomic E-state index is 4.77. The van der Waals surface area contributed by atoms with E-state index in [2.05, 4.69) is 77.7 Å². The first-order chi connectivity index (χ1) is 13.4. The summed E-state index contributed by atoms with van der Waals surface area (Å²) in [6, 6.07) is 28.5. The van der Waals surface area contributed by atoms with Gasteiger partial charge in [0.2, 0.25) is 0 Å². The van der Waals surface area contributed by atoms with Crippen molar-refractivity contribution in [2.75, 3.05) is 4.90 Å². The molecule has 0 unspecified atom stereocenters. The van der Waals surface area contributed by atoms with Crippen LogP contribution in [0, 0.1) is 0 Å². The van der Waals surface area contributed by atoms with E-state index in [0.29, 0.717) is 0 Å². The lowest BCUT2D eigenvalue weighted by Crippen LogP contribution is -2.19. The molecule has 0 radical (unpaired) electrons. The van der Waals surface area contributed by atoms with Gasteiger partial charge in [-0.1, -0.05) is 60.7 Å². The number of benzene rings is 4. The summed E-state index contributed by atoms with van der Waals surface area (Å²) in [6.45, 7) is 0. The smallest absolute Gasteiger partial charge is 0.0949 e. The van der Waals surface area contributed by atoms with Gasteiger partial charge in [-0.2, -0.15) is 0 Å². The summed E-state index contributed by atoms with van der Waals surface area (Å²) in [6.07, 6.45) is 1.89. The van der Waals surface area contributed by atoms with Crippen LogP contribution in [0.2, 0.25) is 0 Å². The number of fused-ring (bicyclic) bond motifs is 5. The van der Waals surface area contributed by atoms with E-state index in [0.717, 1.165) is 11.4 Å². The fourth-order valence-corrected chi connectivity index (χ4v) is 4.89. The second-order valence-corrected chi connectivity index (χ2v) is 7.25. The third-order valence-corrected chi connectivity index (χ3v) is 5.94. The van der Waals surface area contributed by atoms with E-state index in [1.54, 1.807) is 0 Å². The Hall–Kier alpha value is -3.65. The van der Waals surface area contributed by atoms with E-state index in [-0.39, 0.29) is 0 Å². The molecule has 0 amide bonds.